The van der Waals surface area contributed by atoms with Gasteiger partial charge in [-0.2, -0.15) is 0 Å². The van der Waals surface area contributed by atoms with Crippen LogP contribution >= 0.6 is 0 Å². The van der Waals surface area contributed by atoms with Crippen molar-refractivity contribution in [2.24, 2.45) is 0 Å². The minimum absolute atomic E-state index is 0.974. The molecule has 0 spiro atoms. The standard InChI is InChI=1S/C35H23N3/c1-3-9-24(10-4-1)31-19-17-27(23-36-31)38-33-14-8-7-13-28(33)29-18-15-25-16-20-32-30(34(25)35(29)38)21-22-37(32)26-11-5-2-6-12-26/h1-23H. The Kier molecular flexibility index (Phi) is 4.52. The predicted molar refractivity (Wildman–Crippen MR) is 158 cm³/mol. The lowest BCUT2D eigenvalue weighted by Gasteiger charge is -2.12. The van der Waals surface area contributed by atoms with E-state index in [1.807, 2.05) is 12.3 Å². The molecule has 0 aliphatic carbocycles. The first kappa shape index (κ1) is 21.0. The highest BCUT2D eigenvalue weighted by Crippen LogP contribution is 2.40. The topological polar surface area (TPSA) is 22.8 Å². The molecule has 3 heterocycles. The van der Waals surface area contributed by atoms with E-state index in [9.17, 15) is 0 Å². The van der Waals surface area contributed by atoms with Gasteiger partial charge in [-0.15, -0.1) is 0 Å². The average molecular weight is 486 g/mol. The number of para-hydroxylation sites is 2. The molecule has 8 aromatic rings. The van der Waals surface area contributed by atoms with Gasteiger partial charge in [0.05, 0.1) is 34.1 Å². The van der Waals surface area contributed by atoms with Gasteiger partial charge in [-0.3, -0.25) is 4.98 Å². The minimum Gasteiger partial charge on any atom is -0.317 e. The number of aromatic nitrogens is 3. The fourth-order valence-corrected chi connectivity index (χ4v) is 5.87. The van der Waals surface area contributed by atoms with E-state index in [2.05, 4.69) is 137 Å². The molecule has 3 heteroatoms. The van der Waals surface area contributed by atoms with Crippen molar-refractivity contribution in [3.63, 3.8) is 0 Å². The molecule has 0 fully saturated rings. The van der Waals surface area contributed by atoms with Gasteiger partial charge in [-0.25, -0.2) is 0 Å². The van der Waals surface area contributed by atoms with E-state index >= 15 is 0 Å². The maximum absolute atomic E-state index is 4.88. The number of nitrogens with zero attached hydrogens (tertiary/aromatic N) is 3. The number of pyridine rings is 1. The summed E-state index contributed by atoms with van der Waals surface area (Å²) in [6, 6.07) is 45.1. The van der Waals surface area contributed by atoms with E-state index in [1.165, 1.54) is 43.5 Å². The molecule has 0 radical (unpaired) electrons. The van der Waals surface area contributed by atoms with Crippen LogP contribution in [-0.4, -0.2) is 14.1 Å². The van der Waals surface area contributed by atoms with Crippen molar-refractivity contribution in [2.45, 2.75) is 0 Å². The van der Waals surface area contributed by atoms with Crippen LogP contribution < -0.4 is 0 Å². The zero-order chi connectivity index (χ0) is 25.1. The number of rotatable bonds is 3. The van der Waals surface area contributed by atoms with Crippen LogP contribution in [0.5, 0.6) is 0 Å². The first-order valence-electron chi connectivity index (χ1n) is 12.9. The number of fused-ring (bicyclic) bond motifs is 7. The molecule has 5 aromatic carbocycles. The Balaban J connectivity index is 1.46. The summed E-state index contributed by atoms with van der Waals surface area (Å²) < 4.78 is 4.66. The molecule has 178 valence electrons. The lowest BCUT2D eigenvalue weighted by Crippen LogP contribution is -1.96. The maximum Gasteiger partial charge on any atom is 0.0703 e. The van der Waals surface area contributed by atoms with Crippen LogP contribution in [0.4, 0.5) is 0 Å². The quantitative estimate of drug-likeness (QED) is 0.245. The summed E-state index contributed by atoms with van der Waals surface area (Å²) >= 11 is 0. The third-order valence-corrected chi connectivity index (χ3v) is 7.59. The van der Waals surface area contributed by atoms with Crippen molar-refractivity contribution in [1.82, 2.24) is 14.1 Å². The molecular formula is C35H23N3. The van der Waals surface area contributed by atoms with Crippen molar-refractivity contribution in [2.75, 3.05) is 0 Å². The Morgan fingerprint density at radius 2 is 1.26 bits per heavy atom. The Morgan fingerprint density at radius 3 is 2.08 bits per heavy atom. The third-order valence-electron chi connectivity index (χ3n) is 7.59. The maximum atomic E-state index is 4.88. The molecule has 0 saturated heterocycles. The Labute approximate surface area is 219 Å². The number of hydrogen-bond acceptors (Lipinski definition) is 1. The molecule has 0 N–H and O–H groups in total. The molecule has 0 unspecified atom stereocenters. The summed E-state index contributed by atoms with van der Waals surface area (Å²) in [5, 5.41) is 6.23. The first-order chi connectivity index (χ1) is 18.9. The largest absolute Gasteiger partial charge is 0.317 e. The first-order valence-corrected chi connectivity index (χ1v) is 12.9. The Bertz CT molecular complexity index is 2100. The number of benzene rings is 5. The second-order valence-corrected chi connectivity index (χ2v) is 9.70. The second-order valence-electron chi connectivity index (χ2n) is 9.70. The van der Waals surface area contributed by atoms with Crippen molar-refractivity contribution in [3.05, 3.63) is 140 Å². The summed E-state index contributed by atoms with van der Waals surface area (Å²) in [7, 11) is 0. The molecule has 0 aliphatic heterocycles. The highest BCUT2D eigenvalue weighted by Gasteiger charge is 2.18. The molecule has 0 aliphatic rings. The van der Waals surface area contributed by atoms with Gasteiger partial charge < -0.3 is 9.13 Å². The minimum atomic E-state index is 0.974. The summed E-state index contributed by atoms with van der Waals surface area (Å²) in [6.45, 7) is 0. The second kappa shape index (κ2) is 8.19. The van der Waals surface area contributed by atoms with Gasteiger partial charge in [0, 0.05) is 39.0 Å². The van der Waals surface area contributed by atoms with Crippen molar-refractivity contribution in [1.29, 1.82) is 0 Å². The summed E-state index contributed by atoms with van der Waals surface area (Å²) in [4.78, 5) is 4.88. The average Bonchev–Trinajstić information content (AvgIpc) is 3.58. The number of hydrogen-bond donors (Lipinski definition) is 0. The van der Waals surface area contributed by atoms with E-state index in [1.54, 1.807) is 0 Å². The zero-order valence-electron chi connectivity index (χ0n) is 20.6. The normalized spacial score (nSPS) is 11.7. The van der Waals surface area contributed by atoms with Gasteiger partial charge in [0.25, 0.3) is 0 Å². The van der Waals surface area contributed by atoms with Gasteiger partial charge in [0.15, 0.2) is 0 Å². The van der Waals surface area contributed by atoms with Crippen LogP contribution in [0.1, 0.15) is 0 Å². The van der Waals surface area contributed by atoms with E-state index in [0.717, 1.165) is 22.6 Å². The van der Waals surface area contributed by atoms with Crippen LogP contribution in [0.3, 0.4) is 0 Å². The van der Waals surface area contributed by atoms with E-state index in [0.29, 0.717) is 0 Å². The van der Waals surface area contributed by atoms with Gasteiger partial charge in [-0.05, 0) is 47.9 Å². The van der Waals surface area contributed by atoms with Crippen LogP contribution in [0.2, 0.25) is 0 Å². The summed E-state index contributed by atoms with van der Waals surface area (Å²) in [6.07, 6.45) is 4.18. The van der Waals surface area contributed by atoms with Crippen molar-refractivity contribution in [3.8, 4) is 22.6 Å². The van der Waals surface area contributed by atoms with E-state index in [4.69, 9.17) is 4.98 Å². The van der Waals surface area contributed by atoms with Gasteiger partial charge in [-0.1, -0.05) is 84.9 Å². The lowest BCUT2D eigenvalue weighted by atomic mass is 10.0. The zero-order valence-corrected chi connectivity index (χ0v) is 20.6. The molecule has 3 nitrogen and oxygen atoms in total. The fraction of sp³-hybridized carbons (Fsp3) is 0. The van der Waals surface area contributed by atoms with Gasteiger partial charge in [0.1, 0.15) is 0 Å². The van der Waals surface area contributed by atoms with Gasteiger partial charge >= 0.3 is 0 Å². The molecule has 0 bridgehead atoms. The van der Waals surface area contributed by atoms with Crippen LogP contribution in [0.15, 0.2) is 140 Å². The van der Waals surface area contributed by atoms with Crippen molar-refractivity contribution < 1.29 is 0 Å². The van der Waals surface area contributed by atoms with Gasteiger partial charge in [0.2, 0.25) is 0 Å². The molecule has 0 amide bonds. The lowest BCUT2D eigenvalue weighted by molar-refractivity contribution is 1.13. The fourth-order valence-electron chi connectivity index (χ4n) is 5.87. The summed E-state index contributed by atoms with van der Waals surface area (Å²) in [5.41, 5.74) is 7.92. The molecule has 0 saturated carbocycles. The SMILES string of the molecule is c1ccc(-c2ccc(-n3c4ccccc4c4ccc5ccc6c(ccn6-c6ccccc6)c5c43)cn2)cc1. The Hall–Kier alpha value is -5.15. The highest BCUT2D eigenvalue weighted by atomic mass is 15.0. The molecular weight excluding hydrogens is 462 g/mol. The summed E-state index contributed by atoms with van der Waals surface area (Å²) in [5.74, 6) is 0. The molecule has 8 rings (SSSR count). The molecule has 3 aromatic heterocycles. The molecule has 38 heavy (non-hydrogen) atoms. The Morgan fingerprint density at radius 1 is 0.500 bits per heavy atom. The van der Waals surface area contributed by atoms with Crippen LogP contribution in [-0.2, 0) is 0 Å². The smallest absolute Gasteiger partial charge is 0.0703 e. The van der Waals surface area contributed by atoms with Crippen LogP contribution in [0, 0.1) is 0 Å². The van der Waals surface area contributed by atoms with Crippen LogP contribution in [0.25, 0.3) is 66.1 Å². The highest BCUT2D eigenvalue weighted by molar-refractivity contribution is 6.25. The molecule has 0 atom stereocenters. The van der Waals surface area contributed by atoms with E-state index < -0.39 is 0 Å². The monoisotopic (exact) mass is 485 g/mol. The van der Waals surface area contributed by atoms with E-state index in [-0.39, 0.29) is 0 Å². The predicted octanol–water partition coefficient (Wildman–Crippen LogP) is 8.94. The van der Waals surface area contributed by atoms with Crippen molar-refractivity contribution >= 4 is 43.5 Å². The third kappa shape index (κ3) is 3.06.